The van der Waals surface area contributed by atoms with Crippen molar-refractivity contribution in [1.29, 1.82) is 0 Å². The number of ether oxygens (including phenoxy) is 1. The number of carbonyl (C=O) groups is 2. The largest absolute Gasteiger partial charge is 0.444 e. The molecule has 0 bridgehead atoms. The minimum Gasteiger partial charge on any atom is -0.444 e. The number of nitrogens with one attached hydrogen (secondary N) is 1. The van der Waals surface area contributed by atoms with Crippen molar-refractivity contribution in [2.24, 2.45) is 11.1 Å². The van der Waals surface area contributed by atoms with Crippen LogP contribution in [0.1, 0.15) is 39.2 Å². The van der Waals surface area contributed by atoms with Crippen molar-refractivity contribution in [3.05, 3.63) is 28.9 Å². The smallest absolute Gasteiger partial charge is 0.411 e. The van der Waals surface area contributed by atoms with Gasteiger partial charge in [-0.2, -0.15) is 0 Å². The number of likely N-dealkylation sites (tertiary alicyclic amines) is 1. The Bertz CT molecular complexity index is 792. The van der Waals surface area contributed by atoms with Gasteiger partial charge in [0.15, 0.2) is 0 Å². The molecule has 1 aliphatic heterocycles. The zero-order valence-electron chi connectivity index (χ0n) is 15.8. The molecule has 1 aromatic rings. The molecule has 1 aromatic heterocycles. The summed E-state index contributed by atoms with van der Waals surface area (Å²) in [5.41, 5.74) is 5.81. The van der Waals surface area contributed by atoms with Gasteiger partial charge in [0.1, 0.15) is 22.1 Å². The second-order valence-electron chi connectivity index (χ2n) is 8.16. The number of nitrogens with zero attached hydrogens (tertiary/aromatic N) is 2. The lowest BCUT2D eigenvalue weighted by atomic mass is 9.99. The van der Waals surface area contributed by atoms with Crippen LogP contribution in [0.4, 0.5) is 10.6 Å². The Labute approximate surface area is 167 Å². The van der Waals surface area contributed by atoms with Gasteiger partial charge >= 0.3 is 6.09 Å². The van der Waals surface area contributed by atoms with Crippen LogP contribution in [0.2, 0.25) is 0 Å². The number of pyridine rings is 1. The molecule has 0 spiro atoms. The number of halogens is 1. The highest BCUT2D eigenvalue weighted by atomic mass is 79.9. The van der Waals surface area contributed by atoms with Crippen molar-refractivity contribution in [2.75, 3.05) is 11.9 Å². The molecule has 0 aromatic carbocycles. The number of nitrogens with two attached hydrogens (primary N) is 1. The third kappa shape index (κ3) is 3.87. The summed E-state index contributed by atoms with van der Waals surface area (Å²) in [5, 5.41) is 2.83. The molecule has 0 unspecified atom stereocenters. The van der Waals surface area contributed by atoms with Gasteiger partial charge in [0.25, 0.3) is 0 Å². The fraction of sp³-hybridized carbons (Fsp3) is 0.526. The maximum Gasteiger partial charge on any atom is 0.411 e. The van der Waals surface area contributed by atoms with E-state index in [0.29, 0.717) is 29.0 Å². The van der Waals surface area contributed by atoms with Crippen molar-refractivity contribution in [2.45, 2.75) is 51.3 Å². The van der Waals surface area contributed by atoms with E-state index in [9.17, 15) is 9.59 Å². The van der Waals surface area contributed by atoms with Gasteiger partial charge < -0.3 is 15.8 Å². The first-order valence-electron chi connectivity index (χ1n) is 8.91. The molecular weight excluding hydrogens is 412 g/mol. The van der Waals surface area contributed by atoms with E-state index >= 15 is 0 Å². The third-order valence-corrected chi connectivity index (χ3v) is 5.53. The average molecular weight is 437 g/mol. The van der Waals surface area contributed by atoms with Crippen molar-refractivity contribution in [3.63, 3.8) is 0 Å². The summed E-state index contributed by atoms with van der Waals surface area (Å²) in [7, 11) is 0. The van der Waals surface area contributed by atoms with Crippen LogP contribution in [0.3, 0.4) is 0 Å². The van der Waals surface area contributed by atoms with Crippen molar-refractivity contribution in [3.8, 4) is 0 Å². The van der Waals surface area contributed by atoms with Crippen molar-refractivity contribution < 1.29 is 14.3 Å². The van der Waals surface area contributed by atoms with E-state index in [4.69, 9.17) is 10.5 Å². The standard InChI is InChI=1S/C19H25BrN4O3/c1-5-11-6-7-14(20)22-15(11)23-16(25)12-8-19(10-21)9-13(19)24(12)17(26)27-18(2,3)4/h5-7,12-13H,1,8-10,21H2,2-4H3,(H,22,23,25)/t12-,13+,19-/m0/s1. The summed E-state index contributed by atoms with van der Waals surface area (Å²) in [5.74, 6) is 0.102. The zero-order chi connectivity index (χ0) is 20.0. The van der Waals surface area contributed by atoms with Crippen LogP contribution in [0.25, 0.3) is 6.08 Å². The molecule has 3 N–H and O–H groups in total. The second-order valence-corrected chi connectivity index (χ2v) is 8.97. The fourth-order valence-electron chi connectivity index (χ4n) is 3.64. The number of anilines is 1. The van der Waals surface area contributed by atoms with E-state index in [1.54, 1.807) is 43.9 Å². The fourth-order valence-corrected chi connectivity index (χ4v) is 3.95. The Morgan fingerprint density at radius 2 is 2.19 bits per heavy atom. The minimum atomic E-state index is -0.638. The number of piperidine rings is 1. The molecule has 7 nitrogen and oxygen atoms in total. The predicted octanol–water partition coefficient (Wildman–Crippen LogP) is 3.15. The van der Waals surface area contributed by atoms with E-state index in [0.717, 1.165) is 6.42 Å². The van der Waals surface area contributed by atoms with Crippen LogP contribution in [-0.4, -0.2) is 46.1 Å². The lowest BCUT2D eigenvalue weighted by Crippen LogP contribution is -2.47. The van der Waals surface area contributed by atoms with Crippen molar-refractivity contribution in [1.82, 2.24) is 9.88 Å². The van der Waals surface area contributed by atoms with Crippen LogP contribution in [-0.2, 0) is 9.53 Å². The number of amides is 2. The van der Waals surface area contributed by atoms with Gasteiger partial charge in [-0.05, 0) is 61.7 Å². The molecule has 1 saturated heterocycles. The molecule has 2 heterocycles. The summed E-state index contributed by atoms with van der Waals surface area (Å²) in [4.78, 5) is 31.6. The molecule has 2 fully saturated rings. The molecule has 8 heteroatoms. The normalized spacial score (nSPS) is 26.3. The Balaban J connectivity index is 1.83. The Hall–Kier alpha value is -1.93. The number of hydrogen-bond acceptors (Lipinski definition) is 5. The van der Waals surface area contributed by atoms with Crippen LogP contribution in [0, 0.1) is 5.41 Å². The second kappa shape index (κ2) is 6.91. The van der Waals surface area contributed by atoms with E-state index in [-0.39, 0.29) is 17.4 Å². The van der Waals surface area contributed by atoms with Gasteiger partial charge in [-0.1, -0.05) is 12.7 Å². The highest BCUT2D eigenvalue weighted by molar-refractivity contribution is 9.10. The molecule has 1 aliphatic carbocycles. The van der Waals surface area contributed by atoms with Gasteiger partial charge in [-0.25, -0.2) is 9.78 Å². The molecule has 2 aliphatic rings. The first-order valence-corrected chi connectivity index (χ1v) is 9.71. The van der Waals surface area contributed by atoms with Gasteiger partial charge in [0, 0.05) is 23.6 Å². The van der Waals surface area contributed by atoms with Gasteiger partial charge in [-0.15, -0.1) is 0 Å². The molecule has 0 radical (unpaired) electrons. The summed E-state index contributed by atoms with van der Waals surface area (Å²) < 4.78 is 6.13. The first-order chi connectivity index (χ1) is 12.6. The van der Waals surface area contributed by atoms with Gasteiger partial charge in [0.2, 0.25) is 5.91 Å². The zero-order valence-corrected chi connectivity index (χ0v) is 17.4. The average Bonchev–Trinajstić information content (AvgIpc) is 3.18. The van der Waals surface area contributed by atoms with Crippen LogP contribution in [0.15, 0.2) is 23.3 Å². The van der Waals surface area contributed by atoms with Gasteiger partial charge in [0.05, 0.1) is 0 Å². The Kier molecular flexibility index (Phi) is 5.07. The molecule has 27 heavy (non-hydrogen) atoms. The number of hydrogen-bond donors (Lipinski definition) is 2. The lowest BCUT2D eigenvalue weighted by Gasteiger charge is -2.29. The maximum absolute atomic E-state index is 13.0. The van der Waals surface area contributed by atoms with Crippen LogP contribution < -0.4 is 11.1 Å². The molecule has 3 rings (SSSR count). The molecule has 1 saturated carbocycles. The maximum atomic E-state index is 13.0. The van der Waals surface area contributed by atoms with E-state index in [1.165, 1.54) is 0 Å². The summed E-state index contributed by atoms with van der Waals surface area (Å²) in [6.07, 6.45) is 2.47. The number of aromatic nitrogens is 1. The highest BCUT2D eigenvalue weighted by Crippen LogP contribution is 2.59. The summed E-state index contributed by atoms with van der Waals surface area (Å²) >= 11 is 3.31. The SMILES string of the molecule is C=Cc1ccc(Br)nc1NC(=O)[C@@H]1C[C@@]2(CN)C[C@H]2N1C(=O)OC(C)(C)C. The quantitative estimate of drug-likeness (QED) is 0.706. The van der Waals surface area contributed by atoms with Crippen LogP contribution in [0.5, 0.6) is 0 Å². The lowest BCUT2D eigenvalue weighted by molar-refractivity contribution is -0.121. The number of rotatable bonds is 4. The summed E-state index contributed by atoms with van der Waals surface area (Å²) in [6.45, 7) is 9.60. The molecule has 146 valence electrons. The molecule has 3 atom stereocenters. The molecule has 2 amide bonds. The summed E-state index contributed by atoms with van der Waals surface area (Å²) in [6, 6.07) is 2.88. The van der Waals surface area contributed by atoms with E-state index in [2.05, 4.69) is 32.8 Å². The number of carbonyl (C=O) groups excluding carboxylic acids is 2. The minimum absolute atomic E-state index is 0.0533. The van der Waals surface area contributed by atoms with Crippen LogP contribution >= 0.6 is 15.9 Å². The van der Waals surface area contributed by atoms with E-state index in [1.807, 2.05) is 0 Å². The van der Waals surface area contributed by atoms with Crippen molar-refractivity contribution >= 4 is 39.8 Å². The highest BCUT2D eigenvalue weighted by Gasteiger charge is 2.67. The first kappa shape index (κ1) is 19.8. The monoisotopic (exact) mass is 436 g/mol. The topological polar surface area (TPSA) is 97.5 Å². The Morgan fingerprint density at radius 3 is 2.78 bits per heavy atom. The van der Waals surface area contributed by atoms with E-state index < -0.39 is 17.7 Å². The predicted molar refractivity (Wildman–Crippen MR) is 107 cm³/mol. The molecular formula is C19H25BrN4O3. The number of fused-ring (bicyclic) bond motifs is 1. The third-order valence-electron chi connectivity index (χ3n) is 5.09. The Morgan fingerprint density at radius 1 is 1.48 bits per heavy atom. The van der Waals surface area contributed by atoms with Gasteiger partial charge in [-0.3, -0.25) is 9.69 Å².